The Morgan fingerprint density at radius 1 is 1.00 bits per heavy atom. The lowest BCUT2D eigenvalue weighted by atomic mass is 10.2. The van der Waals surface area contributed by atoms with Crippen molar-refractivity contribution in [2.75, 3.05) is 0 Å². The zero-order valence-electron chi connectivity index (χ0n) is 15.6. The van der Waals surface area contributed by atoms with Gasteiger partial charge in [-0.3, -0.25) is 4.98 Å². The highest BCUT2D eigenvalue weighted by Gasteiger charge is 2.16. The fraction of sp³-hybridized carbons (Fsp3) is 0.150. The van der Waals surface area contributed by atoms with E-state index in [4.69, 9.17) is 4.74 Å². The van der Waals surface area contributed by atoms with Gasteiger partial charge < -0.3 is 9.30 Å². The van der Waals surface area contributed by atoms with Gasteiger partial charge in [0.25, 0.3) is 0 Å². The smallest absolute Gasteiger partial charge is 0.223 e. The number of nitrogens with zero attached hydrogens (tertiary/aromatic N) is 6. The fourth-order valence-electron chi connectivity index (χ4n) is 2.64. The number of benzene rings is 1. The van der Waals surface area contributed by atoms with Crippen LogP contribution in [0.3, 0.4) is 0 Å². The highest BCUT2D eigenvalue weighted by atomic mass is 32.2. The van der Waals surface area contributed by atoms with Crippen LogP contribution < -0.4 is 4.74 Å². The first-order valence-corrected chi connectivity index (χ1v) is 9.82. The van der Waals surface area contributed by atoms with Crippen LogP contribution in [-0.4, -0.2) is 29.7 Å². The lowest BCUT2D eigenvalue weighted by Gasteiger charge is -2.09. The first-order valence-electron chi connectivity index (χ1n) is 9.01. The summed E-state index contributed by atoms with van der Waals surface area (Å²) in [4.78, 5) is 12.8. The Labute approximate surface area is 171 Å². The molecule has 4 rings (SSSR count). The zero-order chi connectivity index (χ0) is 20.1. The minimum absolute atomic E-state index is 0.323. The Balaban J connectivity index is 1.58. The van der Waals surface area contributed by atoms with Crippen molar-refractivity contribution in [3.8, 4) is 23.0 Å². The maximum atomic E-state index is 13.1. The molecule has 0 aliphatic carbocycles. The third kappa shape index (κ3) is 4.57. The molecule has 0 saturated carbocycles. The molecule has 0 aliphatic heterocycles. The Morgan fingerprint density at radius 3 is 2.55 bits per heavy atom. The third-order valence-corrected chi connectivity index (χ3v) is 4.79. The summed E-state index contributed by atoms with van der Waals surface area (Å²) in [5.74, 6) is 1.31. The number of hydrogen-bond donors (Lipinski definition) is 0. The summed E-state index contributed by atoms with van der Waals surface area (Å²) < 4.78 is 20.8. The molecule has 1 aromatic carbocycles. The lowest BCUT2D eigenvalue weighted by Crippen LogP contribution is -2.02. The molecule has 0 aliphatic rings. The molecule has 9 heteroatoms. The minimum atomic E-state index is -0.323. The molecule has 0 radical (unpaired) electrons. The van der Waals surface area contributed by atoms with Gasteiger partial charge in [0.2, 0.25) is 5.88 Å². The van der Waals surface area contributed by atoms with Crippen LogP contribution in [0.25, 0.3) is 11.4 Å². The van der Waals surface area contributed by atoms with Crippen LogP contribution in [-0.2, 0) is 6.54 Å². The molecule has 29 heavy (non-hydrogen) atoms. The van der Waals surface area contributed by atoms with Crippen LogP contribution in [0, 0.1) is 5.82 Å². The molecule has 0 amide bonds. The molecule has 0 unspecified atom stereocenters. The number of halogens is 1. The second-order valence-corrected chi connectivity index (χ2v) is 6.96. The van der Waals surface area contributed by atoms with Crippen molar-refractivity contribution in [1.29, 1.82) is 0 Å². The van der Waals surface area contributed by atoms with Crippen molar-refractivity contribution in [3.05, 3.63) is 66.9 Å². The normalized spacial score (nSPS) is 10.8. The van der Waals surface area contributed by atoms with Crippen molar-refractivity contribution >= 4 is 11.8 Å². The lowest BCUT2D eigenvalue weighted by molar-refractivity contribution is 0.454. The van der Waals surface area contributed by atoms with E-state index in [1.807, 2.05) is 16.7 Å². The van der Waals surface area contributed by atoms with Gasteiger partial charge in [0.05, 0.1) is 0 Å². The molecule has 0 N–H and O–H groups in total. The molecule has 0 bridgehead atoms. The quantitative estimate of drug-likeness (QED) is 0.413. The fourth-order valence-corrected chi connectivity index (χ4v) is 3.42. The van der Waals surface area contributed by atoms with Crippen LogP contribution in [0.2, 0.25) is 0 Å². The SMILES string of the molecule is CCCn1c(Sc2nccc(Oc3ccc(F)cc3)n2)nnc1-c1ccncc1. The summed E-state index contributed by atoms with van der Waals surface area (Å²) in [5.41, 5.74) is 0.946. The number of ether oxygens (including phenoxy) is 1. The van der Waals surface area contributed by atoms with Gasteiger partial charge in [0, 0.05) is 36.8 Å². The minimum Gasteiger partial charge on any atom is -0.439 e. The van der Waals surface area contributed by atoms with E-state index in [9.17, 15) is 4.39 Å². The average Bonchev–Trinajstić information content (AvgIpc) is 3.13. The van der Waals surface area contributed by atoms with E-state index in [-0.39, 0.29) is 5.82 Å². The van der Waals surface area contributed by atoms with Gasteiger partial charge in [-0.1, -0.05) is 6.92 Å². The summed E-state index contributed by atoms with van der Waals surface area (Å²) in [7, 11) is 0. The molecule has 4 aromatic rings. The van der Waals surface area contributed by atoms with Crippen molar-refractivity contribution in [2.24, 2.45) is 0 Å². The molecule has 146 valence electrons. The first-order chi connectivity index (χ1) is 14.2. The third-order valence-electron chi connectivity index (χ3n) is 3.93. The monoisotopic (exact) mass is 408 g/mol. The second-order valence-electron chi connectivity index (χ2n) is 6.03. The number of rotatable bonds is 7. The van der Waals surface area contributed by atoms with Gasteiger partial charge in [0.15, 0.2) is 16.1 Å². The van der Waals surface area contributed by atoms with Crippen molar-refractivity contribution in [1.82, 2.24) is 29.7 Å². The Kier molecular flexibility index (Phi) is 5.76. The van der Waals surface area contributed by atoms with Crippen molar-refractivity contribution in [2.45, 2.75) is 30.2 Å². The van der Waals surface area contributed by atoms with E-state index in [2.05, 4.69) is 32.1 Å². The van der Waals surface area contributed by atoms with Crippen LogP contribution in [0.4, 0.5) is 4.39 Å². The van der Waals surface area contributed by atoms with Crippen LogP contribution in [0.15, 0.2) is 71.4 Å². The van der Waals surface area contributed by atoms with Gasteiger partial charge in [0.1, 0.15) is 11.6 Å². The maximum Gasteiger partial charge on any atom is 0.223 e. The zero-order valence-corrected chi connectivity index (χ0v) is 16.4. The predicted molar refractivity (Wildman–Crippen MR) is 106 cm³/mol. The number of hydrogen-bond acceptors (Lipinski definition) is 7. The number of pyridine rings is 1. The van der Waals surface area contributed by atoms with Crippen LogP contribution in [0.5, 0.6) is 11.6 Å². The first kappa shape index (κ1) is 19.0. The van der Waals surface area contributed by atoms with Gasteiger partial charge in [-0.05, 0) is 54.6 Å². The van der Waals surface area contributed by atoms with Gasteiger partial charge in [-0.15, -0.1) is 10.2 Å². The second kappa shape index (κ2) is 8.78. The largest absolute Gasteiger partial charge is 0.439 e. The molecular weight excluding hydrogens is 391 g/mol. The standard InChI is InChI=1S/C20H17FN6OS/c1-2-13-27-18(14-7-10-22-11-8-14)25-26-20(27)29-19-23-12-9-17(24-19)28-16-5-3-15(21)4-6-16/h3-12H,2,13H2,1H3. The summed E-state index contributed by atoms with van der Waals surface area (Å²) in [5, 5.41) is 9.84. The molecule has 3 heterocycles. The average molecular weight is 408 g/mol. The van der Waals surface area contributed by atoms with E-state index in [0.717, 1.165) is 24.4 Å². The van der Waals surface area contributed by atoms with Crippen molar-refractivity contribution < 1.29 is 9.13 Å². The maximum absolute atomic E-state index is 13.1. The van der Waals surface area contributed by atoms with E-state index >= 15 is 0 Å². The Bertz CT molecular complexity index is 1090. The van der Waals surface area contributed by atoms with Gasteiger partial charge in [-0.25, -0.2) is 9.37 Å². The van der Waals surface area contributed by atoms with Gasteiger partial charge in [-0.2, -0.15) is 4.98 Å². The van der Waals surface area contributed by atoms with E-state index in [1.165, 1.54) is 23.9 Å². The van der Waals surface area contributed by atoms with Crippen molar-refractivity contribution in [3.63, 3.8) is 0 Å². The molecule has 0 fully saturated rings. The summed E-state index contributed by atoms with van der Waals surface area (Å²) in [6.45, 7) is 2.86. The van der Waals surface area contributed by atoms with Gasteiger partial charge >= 0.3 is 0 Å². The summed E-state index contributed by atoms with van der Waals surface area (Å²) >= 11 is 1.31. The van der Waals surface area contributed by atoms with Crippen LogP contribution in [0.1, 0.15) is 13.3 Å². The Hall–Kier alpha value is -3.33. The molecule has 7 nitrogen and oxygen atoms in total. The van der Waals surface area contributed by atoms with E-state index in [1.54, 1.807) is 36.8 Å². The number of aromatic nitrogens is 6. The van der Waals surface area contributed by atoms with Crippen LogP contribution >= 0.6 is 11.8 Å². The summed E-state index contributed by atoms with van der Waals surface area (Å²) in [6, 6.07) is 11.2. The highest BCUT2D eigenvalue weighted by Crippen LogP contribution is 2.29. The molecule has 0 spiro atoms. The predicted octanol–water partition coefficient (Wildman–Crippen LogP) is 4.62. The van der Waals surface area contributed by atoms with E-state index in [0.29, 0.717) is 21.9 Å². The molecule has 3 aromatic heterocycles. The Morgan fingerprint density at radius 2 is 1.79 bits per heavy atom. The van der Waals surface area contributed by atoms with E-state index < -0.39 is 0 Å². The molecule has 0 saturated heterocycles. The highest BCUT2D eigenvalue weighted by molar-refractivity contribution is 7.99. The summed E-state index contributed by atoms with van der Waals surface area (Å²) in [6.07, 6.45) is 6.00. The molecule has 0 atom stereocenters. The molecular formula is C20H17FN6OS. The topological polar surface area (TPSA) is 78.6 Å².